The van der Waals surface area contributed by atoms with Crippen LogP contribution in [0.5, 0.6) is 5.75 Å². The first-order valence-electron chi connectivity index (χ1n) is 3.20. The van der Waals surface area contributed by atoms with Gasteiger partial charge in [-0.3, -0.25) is 4.79 Å². The molecule has 1 aromatic rings. The van der Waals surface area contributed by atoms with Crippen LogP contribution in [0.25, 0.3) is 0 Å². The van der Waals surface area contributed by atoms with Gasteiger partial charge in [-0.2, -0.15) is 0 Å². The van der Waals surface area contributed by atoms with Gasteiger partial charge in [0.05, 0.1) is 11.3 Å². The summed E-state index contributed by atoms with van der Waals surface area (Å²) in [5, 5.41) is 9.22. The molecule has 0 radical (unpaired) electrons. The number of carbonyl (C=O) groups is 1. The minimum atomic E-state index is -0.125. The summed E-state index contributed by atoms with van der Waals surface area (Å²) in [5.74, 6) is -0.125. The number of rotatable bonds is 1. The molecule has 1 aromatic carbocycles. The number of phenolic OH excluding ortho intramolecular Hbond substituents is 1. The minimum Gasteiger partial charge on any atom is -0.505 e. The van der Waals surface area contributed by atoms with Gasteiger partial charge >= 0.3 is 0 Å². The zero-order valence-corrected chi connectivity index (χ0v) is 6.16. The second-order valence-corrected chi connectivity index (χ2v) is 2.35. The Morgan fingerprint density at radius 1 is 1.55 bits per heavy atom. The van der Waals surface area contributed by atoms with Crippen LogP contribution in [0, 0.1) is 6.92 Å². The molecule has 0 bridgehead atoms. The third-order valence-electron chi connectivity index (χ3n) is 1.59. The summed E-state index contributed by atoms with van der Waals surface area (Å²) < 4.78 is 0. The number of hydrogen-bond acceptors (Lipinski definition) is 3. The molecule has 1 rings (SSSR count). The van der Waals surface area contributed by atoms with Gasteiger partial charge in [-0.25, -0.2) is 0 Å². The van der Waals surface area contributed by atoms with E-state index in [1.54, 1.807) is 13.0 Å². The fourth-order valence-corrected chi connectivity index (χ4v) is 0.821. The van der Waals surface area contributed by atoms with Crippen LogP contribution in [-0.4, -0.2) is 11.4 Å². The van der Waals surface area contributed by atoms with Gasteiger partial charge in [-0.05, 0) is 18.6 Å². The van der Waals surface area contributed by atoms with Gasteiger partial charge in [0.25, 0.3) is 0 Å². The molecule has 0 amide bonds. The van der Waals surface area contributed by atoms with Crippen molar-refractivity contribution in [3.8, 4) is 5.75 Å². The lowest BCUT2D eigenvalue weighted by molar-refractivity contribution is 0.112. The van der Waals surface area contributed by atoms with Crippen LogP contribution in [0.3, 0.4) is 0 Å². The van der Waals surface area contributed by atoms with E-state index in [1.165, 1.54) is 6.07 Å². The highest BCUT2D eigenvalue weighted by Crippen LogP contribution is 2.26. The standard InChI is InChI=1S/C8H9NO2/c1-5-2-3-6(4-10)8(11)7(5)9/h2-4,11H,9H2,1H3. The molecule has 0 aliphatic heterocycles. The lowest BCUT2D eigenvalue weighted by Gasteiger charge is -2.03. The van der Waals surface area contributed by atoms with E-state index in [0.29, 0.717) is 6.29 Å². The number of benzene rings is 1. The quantitative estimate of drug-likeness (QED) is 0.359. The van der Waals surface area contributed by atoms with Gasteiger partial charge in [-0.15, -0.1) is 0 Å². The number of anilines is 1. The second kappa shape index (κ2) is 2.62. The number of carbonyl (C=O) groups excluding carboxylic acids is 1. The first-order valence-corrected chi connectivity index (χ1v) is 3.20. The number of aldehydes is 1. The topological polar surface area (TPSA) is 63.3 Å². The number of aryl methyl sites for hydroxylation is 1. The average molecular weight is 151 g/mol. The summed E-state index contributed by atoms with van der Waals surface area (Å²) in [6.45, 7) is 1.77. The molecule has 3 N–H and O–H groups in total. The van der Waals surface area contributed by atoms with Crippen molar-refractivity contribution in [2.24, 2.45) is 0 Å². The Bertz CT molecular complexity index is 294. The molecule has 0 aliphatic carbocycles. The van der Waals surface area contributed by atoms with E-state index in [4.69, 9.17) is 5.73 Å². The number of nitrogen functional groups attached to an aromatic ring is 1. The van der Waals surface area contributed by atoms with E-state index in [9.17, 15) is 9.90 Å². The molecule has 58 valence electrons. The summed E-state index contributed by atoms with van der Waals surface area (Å²) in [6.07, 6.45) is 0.575. The van der Waals surface area contributed by atoms with Crippen LogP contribution in [-0.2, 0) is 0 Å². The normalized spacial score (nSPS) is 9.55. The van der Waals surface area contributed by atoms with E-state index in [1.807, 2.05) is 0 Å². The summed E-state index contributed by atoms with van der Waals surface area (Å²) >= 11 is 0. The van der Waals surface area contributed by atoms with Gasteiger partial charge in [-0.1, -0.05) is 6.07 Å². The van der Waals surface area contributed by atoms with Crippen LogP contribution in [0.15, 0.2) is 12.1 Å². The van der Waals surface area contributed by atoms with E-state index in [2.05, 4.69) is 0 Å². The van der Waals surface area contributed by atoms with Crippen LogP contribution < -0.4 is 5.73 Å². The fourth-order valence-electron chi connectivity index (χ4n) is 0.821. The number of nitrogens with two attached hydrogens (primary N) is 1. The van der Waals surface area contributed by atoms with Gasteiger partial charge in [0.15, 0.2) is 6.29 Å². The third kappa shape index (κ3) is 1.17. The fraction of sp³-hybridized carbons (Fsp3) is 0.125. The molecule has 0 saturated carbocycles. The molecule has 0 unspecified atom stereocenters. The molecule has 0 heterocycles. The third-order valence-corrected chi connectivity index (χ3v) is 1.59. The highest BCUT2D eigenvalue weighted by molar-refractivity contribution is 5.83. The summed E-state index contributed by atoms with van der Waals surface area (Å²) in [5.41, 5.74) is 6.72. The highest BCUT2D eigenvalue weighted by atomic mass is 16.3. The number of hydrogen-bond donors (Lipinski definition) is 2. The smallest absolute Gasteiger partial charge is 0.153 e. The molecule has 3 heteroatoms. The molecular weight excluding hydrogens is 142 g/mol. The molecule has 0 fully saturated rings. The minimum absolute atomic E-state index is 0.125. The summed E-state index contributed by atoms with van der Waals surface area (Å²) in [4.78, 5) is 10.3. The zero-order chi connectivity index (χ0) is 8.43. The van der Waals surface area contributed by atoms with E-state index >= 15 is 0 Å². The largest absolute Gasteiger partial charge is 0.505 e. The monoisotopic (exact) mass is 151 g/mol. The van der Waals surface area contributed by atoms with Crippen molar-refractivity contribution in [2.45, 2.75) is 6.92 Å². The lowest BCUT2D eigenvalue weighted by Crippen LogP contribution is -1.93. The Hall–Kier alpha value is -1.51. The van der Waals surface area contributed by atoms with Crippen LogP contribution in [0.4, 0.5) is 5.69 Å². The summed E-state index contributed by atoms with van der Waals surface area (Å²) in [6, 6.07) is 3.23. The molecule has 3 nitrogen and oxygen atoms in total. The summed E-state index contributed by atoms with van der Waals surface area (Å²) in [7, 11) is 0. The van der Waals surface area contributed by atoms with Crippen LogP contribution in [0.1, 0.15) is 15.9 Å². The molecule has 0 aromatic heterocycles. The van der Waals surface area contributed by atoms with E-state index in [-0.39, 0.29) is 17.0 Å². The molecule has 0 spiro atoms. The Morgan fingerprint density at radius 2 is 2.18 bits per heavy atom. The molecule has 11 heavy (non-hydrogen) atoms. The van der Waals surface area contributed by atoms with Gasteiger partial charge in [0.2, 0.25) is 0 Å². The highest BCUT2D eigenvalue weighted by Gasteiger charge is 2.04. The SMILES string of the molecule is Cc1ccc(C=O)c(O)c1N. The maximum Gasteiger partial charge on any atom is 0.153 e. The molecule has 0 saturated heterocycles. The van der Waals surface area contributed by atoms with Gasteiger partial charge < -0.3 is 10.8 Å². The predicted molar refractivity (Wildman–Crippen MR) is 42.6 cm³/mol. The predicted octanol–water partition coefficient (Wildman–Crippen LogP) is 1.10. The maximum atomic E-state index is 10.3. The van der Waals surface area contributed by atoms with Gasteiger partial charge in [0, 0.05) is 0 Å². The van der Waals surface area contributed by atoms with Crippen molar-refractivity contribution in [3.05, 3.63) is 23.3 Å². The van der Waals surface area contributed by atoms with Gasteiger partial charge in [0.1, 0.15) is 5.75 Å². The number of aromatic hydroxyl groups is 1. The van der Waals surface area contributed by atoms with Crippen molar-refractivity contribution < 1.29 is 9.90 Å². The first-order chi connectivity index (χ1) is 5.16. The molecule has 0 aliphatic rings. The van der Waals surface area contributed by atoms with Crippen LogP contribution in [0.2, 0.25) is 0 Å². The number of phenols is 1. The Morgan fingerprint density at radius 3 is 2.73 bits per heavy atom. The van der Waals surface area contributed by atoms with Crippen LogP contribution >= 0.6 is 0 Å². The van der Waals surface area contributed by atoms with Crippen molar-refractivity contribution >= 4 is 12.0 Å². The maximum absolute atomic E-state index is 10.3. The first kappa shape index (κ1) is 7.60. The second-order valence-electron chi connectivity index (χ2n) is 2.35. The van der Waals surface area contributed by atoms with Crippen molar-refractivity contribution in [2.75, 3.05) is 5.73 Å². The van der Waals surface area contributed by atoms with E-state index < -0.39 is 0 Å². The Labute approximate surface area is 64.5 Å². The van der Waals surface area contributed by atoms with Crippen molar-refractivity contribution in [3.63, 3.8) is 0 Å². The van der Waals surface area contributed by atoms with Crippen molar-refractivity contribution in [1.29, 1.82) is 0 Å². The van der Waals surface area contributed by atoms with E-state index in [0.717, 1.165) is 5.56 Å². The van der Waals surface area contributed by atoms with Crippen molar-refractivity contribution in [1.82, 2.24) is 0 Å². The average Bonchev–Trinajstić information content (AvgIpc) is 2.01. The Balaban J connectivity index is 3.36. The molecule has 0 atom stereocenters. The lowest BCUT2D eigenvalue weighted by atomic mass is 10.1. The molecular formula is C8H9NO2. The Kier molecular flexibility index (Phi) is 1.81. The zero-order valence-electron chi connectivity index (χ0n) is 6.16.